The first-order chi connectivity index (χ1) is 14.3. The van der Waals surface area contributed by atoms with E-state index in [1.54, 1.807) is 0 Å². The van der Waals surface area contributed by atoms with E-state index in [1.165, 1.54) is 23.5 Å². The average molecular weight is 429 g/mol. The lowest BCUT2D eigenvalue weighted by atomic mass is 9.99. The molecule has 3 aromatic carbocycles. The summed E-state index contributed by atoms with van der Waals surface area (Å²) >= 11 is 0. The van der Waals surface area contributed by atoms with Gasteiger partial charge in [-0.25, -0.2) is 17.1 Å². The van der Waals surface area contributed by atoms with Crippen LogP contribution >= 0.6 is 0 Å². The molecule has 0 saturated carbocycles. The van der Waals surface area contributed by atoms with Gasteiger partial charge in [-0.1, -0.05) is 42.5 Å². The molecular formula is C23H25FN2O3S. The molecule has 0 saturated heterocycles. The minimum atomic E-state index is -3.71. The van der Waals surface area contributed by atoms with Crippen LogP contribution in [0.3, 0.4) is 0 Å². The zero-order valence-corrected chi connectivity index (χ0v) is 17.8. The van der Waals surface area contributed by atoms with E-state index in [2.05, 4.69) is 5.32 Å². The number of halogens is 1. The number of hydrogen-bond donors (Lipinski definition) is 1. The Kier molecular flexibility index (Phi) is 6.84. The smallest absolute Gasteiger partial charge is 0.242 e. The SMILES string of the molecule is CC(NC(=O)CCCN(C)S(=O)(=O)c1ccc(F)cc1)c1cccc2ccccc12. The lowest BCUT2D eigenvalue weighted by molar-refractivity contribution is -0.121. The fourth-order valence-corrected chi connectivity index (χ4v) is 4.60. The molecule has 5 nitrogen and oxygen atoms in total. The van der Waals surface area contributed by atoms with Crippen molar-refractivity contribution in [3.8, 4) is 0 Å². The van der Waals surface area contributed by atoms with Gasteiger partial charge in [-0.05, 0) is 53.9 Å². The van der Waals surface area contributed by atoms with Crippen molar-refractivity contribution >= 4 is 26.7 Å². The van der Waals surface area contributed by atoms with Crippen molar-refractivity contribution in [1.29, 1.82) is 0 Å². The summed E-state index contributed by atoms with van der Waals surface area (Å²) in [5.41, 5.74) is 1.04. The van der Waals surface area contributed by atoms with E-state index in [4.69, 9.17) is 0 Å². The van der Waals surface area contributed by atoms with Crippen LogP contribution in [0.2, 0.25) is 0 Å². The lowest BCUT2D eigenvalue weighted by Crippen LogP contribution is -2.30. The Morgan fingerprint density at radius 2 is 1.70 bits per heavy atom. The van der Waals surface area contributed by atoms with Crippen LogP contribution in [0.5, 0.6) is 0 Å². The van der Waals surface area contributed by atoms with Crippen molar-refractivity contribution in [1.82, 2.24) is 9.62 Å². The second-order valence-corrected chi connectivity index (χ2v) is 9.29. The van der Waals surface area contributed by atoms with Crippen molar-refractivity contribution in [3.05, 3.63) is 78.1 Å². The molecule has 1 atom stereocenters. The molecule has 0 fully saturated rings. The summed E-state index contributed by atoms with van der Waals surface area (Å²) in [7, 11) is -2.26. The number of rotatable bonds is 8. The standard InChI is InChI=1S/C23H25FN2O3S/c1-17(21-10-5-8-18-7-3-4-9-22(18)21)25-23(27)11-6-16-26(2)30(28,29)20-14-12-19(24)13-15-20/h3-5,7-10,12-15,17H,6,11,16H2,1-2H3,(H,25,27). The van der Waals surface area contributed by atoms with Gasteiger partial charge < -0.3 is 5.32 Å². The van der Waals surface area contributed by atoms with Gasteiger partial charge in [0.2, 0.25) is 15.9 Å². The molecule has 3 rings (SSSR count). The minimum absolute atomic E-state index is 0.0282. The molecule has 0 aliphatic heterocycles. The van der Waals surface area contributed by atoms with E-state index < -0.39 is 15.8 Å². The monoisotopic (exact) mass is 428 g/mol. The highest BCUT2D eigenvalue weighted by Gasteiger charge is 2.21. The highest BCUT2D eigenvalue weighted by molar-refractivity contribution is 7.89. The first-order valence-corrected chi connectivity index (χ1v) is 11.2. The minimum Gasteiger partial charge on any atom is -0.350 e. The van der Waals surface area contributed by atoms with E-state index in [-0.39, 0.29) is 29.8 Å². The molecule has 0 aliphatic carbocycles. The van der Waals surface area contributed by atoms with Gasteiger partial charge in [0.1, 0.15) is 5.82 Å². The van der Waals surface area contributed by atoms with Gasteiger partial charge in [0.05, 0.1) is 10.9 Å². The Morgan fingerprint density at radius 3 is 2.43 bits per heavy atom. The number of sulfonamides is 1. The highest BCUT2D eigenvalue weighted by Crippen LogP contribution is 2.24. The number of fused-ring (bicyclic) bond motifs is 1. The summed E-state index contributed by atoms with van der Waals surface area (Å²) in [6.45, 7) is 2.13. The van der Waals surface area contributed by atoms with Gasteiger partial charge in [-0.2, -0.15) is 0 Å². The summed E-state index contributed by atoms with van der Waals surface area (Å²) in [5, 5.41) is 5.20. The molecule has 0 spiro atoms. The molecular weight excluding hydrogens is 403 g/mol. The molecule has 7 heteroatoms. The molecule has 1 N–H and O–H groups in total. The average Bonchev–Trinajstić information content (AvgIpc) is 2.73. The van der Waals surface area contributed by atoms with E-state index in [0.29, 0.717) is 6.42 Å². The first kappa shape index (κ1) is 21.9. The summed E-state index contributed by atoms with van der Waals surface area (Å²) in [4.78, 5) is 12.4. The predicted octanol–water partition coefficient (Wildman–Crippen LogP) is 4.26. The van der Waals surface area contributed by atoms with Crippen molar-refractivity contribution in [2.24, 2.45) is 0 Å². The maximum Gasteiger partial charge on any atom is 0.242 e. The van der Waals surface area contributed by atoms with Crippen molar-refractivity contribution in [3.63, 3.8) is 0 Å². The molecule has 3 aromatic rings. The van der Waals surface area contributed by atoms with Crippen LogP contribution in [0.4, 0.5) is 4.39 Å². The molecule has 1 amide bonds. The number of nitrogens with zero attached hydrogens (tertiary/aromatic N) is 1. The quantitative estimate of drug-likeness (QED) is 0.583. The number of amides is 1. The fraction of sp³-hybridized carbons (Fsp3) is 0.261. The molecule has 0 bridgehead atoms. The molecule has 30 heavy (non-hydrogen) atoms. The Hall–Kier alpha value is -2.77. The third-order valence-corrected chi connectivity index (χ3v) is 6.94. The van der Waals surface area contributed by atoms with Crippen molar-refractivity contribution in [2.75, 3.05) is 13.6 Å². The van der Waals surface area contributed by atoms with Gasteiger partial charge in [0, 0.05) is 20.0 Å². The highest BCUT2D eigenvalue weighted by atomic mass is 32.2. The second kappa shape index (κ2) is 9.36. The number of carbonyl (C=O) groups excluding carboxylic acids is 1. The second-order valence-electron chi connectivity index (χ2n) is 7.24. The zero-order chi connectivity index (χ0) is 21.7. The molecule has 1 unspecified atom stereocenters. The number of benzene rings is 3. The molecule has 158 valence electrons. The van der Waals surface area contributed by atoms with Crippen molar-refractivity contribution in [2.45, 2.75) is 30.7 Å². The molecule has 0 aromatic heterocycles. The summed E-state index contributed by atoms with van der Waals surface area (Å²) in [5.74, 6) is -0.628. The van der Waals surface area contributed by atoms with Crippen LogP contribution in [0.25, 0.3) is 10.8 Å². The zero-order valence-electron chi connectivity index (χ0n) is 17.0. The third kappa shape index (κ3) is 5.04. The van der Waals surface area contributed by atoms with Crippen molar-refractivity contribution < 1.29 is 17.6 Å². The molecule has 0 aliphatic rings. The summed E-state index contributed by atoms with van der Waals surface area (Å²) < 4.78 is 39.2. The van der Waals surface area contributed by atoms with Crippen LogP contribution in [-0.4, -0.2) is 32.2 Å². The van der Waals surface area contributed by atoms with Gasteiger partial charge >= 0.3 is 0 Å². The van der Waals surface area contributed by atoms with E-state index in [1.807, 2.05) is 49.4 Å². The maximum atomic E-state index is 13.0. The summed E-state index contributed by atoms with van der Waals surface area (Å²) in [6, 6.07) is 18.5. The first-order valence-electron chi connectivity index (χ1n) is 9.78. The van der Waals surface area contributed by atoms with Gasteiger partial charge in [-0.15, -0.1) is 0 Å². The fourth-order valence-electron chi connectivity index (χ4n) is 3.39. The van der Waals surface area contributed by atoms with Gasteiger partial charge in [0.25, 0.3) is 0 Å². The van der Waals surface area contributed by atoms with Gasteiger partial charge in [0.15, 0.2) is 0 Å². The summed E-state index contributed by atoms with van der Waals surface area (Å²) in [6.07, 6.45) is 0.587. The number of hydrogen-bond acceptors (Lipinski definition) is 3. The van der Waals surface area contributed by atoms with E-state index in [9.17, 15) is 17.6 Å². The van der Waals surface area contributed by atoms with Gasteiger partial charge in [-0.3, -0.25) is 4.79 Å². The van der Waals surface area contributed by atoms with E-state index in [0.717, 1.165) is 28.5 Å². The number of nitrogens with one attached hydrogen (secondary N) is 1. The van der Waals surface area contributed by atoms with E-state index >= 15 is 0 Å². The predicted molar refractivity (Wildman–Crippen MR) is 116 cm³/mol. The Labute approximate surface area is 176 Å². The topological polar surface area (TPSA) is 66.5 Å². The van der Waals surface area contributed by atoms with Crippen LogP contribution in [0.15, 0.2) is 71.6 Å². The van der Waals surface area contributed by atoms with Crippen LogP contribution < -0.4 is 5.32 Å². The third-order valence-electron chi connectivity index (χ3n) is 5.07. The van der Waals surface area contributed by atoms with Crippen LogP contribution in [0.1, 0.15) is 31.4 Å². The molecule has 0 heterocycles. The Balaban J connectivity index is 1.55. The maximum absolute atomic E-state index is 13.0. The normalized spacial score (nSPS) is 12.8. The van der Waals surface area contributed by atoms with Crippen LogP contribution in [0, 0.1) is 5.82 Å². The largest absolute Gasteiger partial charge is 0.350 e. The van der Waals surface area contributed by atoms with Crippen LogP contribution in [-0.2, 0) is 14.8 Å². The lowest BCUT2D eigenvalue weighted by Gasteiger charge is -2.19. The Morgan fingerprint density at radius 1 is 1.03 bits per heavy atom. The Bertz CT molecular complexity index is 1130. The number of carbonyl (C=O) groups is 1. The molecule has 0 radical (unpaired) electrons.